The molecule has 1 aliphatic heterocycles. The van der Waals surface area contributed by atoms with E-state index in [1.807, 2.05) is 18.2 Å². The molecule has 1 saturated heterocycles. The van der Waals surface area contributed by atoms with Gasteiger partial charge in [0.25, 0.3) is 0 Å². The number of rotatable bonds is 3. The van der Waals surface area contributed by atoms with Crippen LogP contribution in [0, 0.1) is 0 Å². The minimum Gasteiger partial charge on any atom is -0.378 e. The molecule has 2 unspecified atom stereocenters. The first kappa shape index (κ1) is 11.3. The number of carbonyl (C=O) groups excluding carboxylic acids is 1. The molecule has 1 aromatic carbocycles. The average molecular weight is 220 g/mol. The molecule has 0 amide bonds. The summed E-state index contributed by atoms with van der Waals surface area (Å²) in [5.41, 5.74) is 6.59. The lowest BCUT2D eigenvalue weighted by Gasteiger charge is -2.28. The van der Waals surface area contributed by atoms with Crippen molar-refractivity contribution >= 4 is 5.78 Å². The Morgan fingerprint density at radius 2 is 2.19 bits per heavy atom. The predicted octanol–water partition coefficient (Wildman–Crippen LogP) is 0.185. The summed E-state index contributed by atoms with van der Waals surface area (Å²) in [5.74, 6) is -0.0383. The van der Waals surface area contributed by atoms with Crippen molar-refractivity contribution in [2.45, 2.75) is 12.1 Å². The quantitative estimate of drug-likeness (QED) is 0.713. The van der Waals surface area contributed by atoms with Crippen LogP contribution in [0.5, 0.6) is 0 Å². The number of carbonyl (C=O) groups is 1. The summed E-state index contributed by atoms with van der Waals surface area (Å²) in [5, 5.41) is 3.20. The lowest BCUT2D eigenvalue weighted by molar-refractivity contribution is 0.0617. The van der Waals surface area contributed by atoms with Gasteiger partial charge in [-0.2, -0.15) is 0 Å². The third kappa shape index (κ3) is 2.47. The Balaban J connectivity index is 2.04. The van der Waals surface area contributed by atoms with Gasteiger partial charge in [-0.05, 0) is 0 Å². The lowest BCUT2D eigenvalue weighted by Crippen LogP contribution is -2.55. The van der Waals surface area contributed by atoms with E-state index in [0.717, 1.165) is 6.54 Å². The summed E-state index contributed by atoms with van der Waals surface area (Å²) < 4.78 is 5.29. The van der Waals surface area contributed by atoms with Crippen molar-refractivity contribution in [3.05, 3.63) is 35.9 Å². The average Bonchev–Trinajstić information content (AvgIpc) is 2.39. The van der Waals surface area contributed by atoms with Crippen LogP contribution in [0.3, 0.4) is 0 Å². The number of Topliss-reactive ketones (excluding diaryl/α,β-unsaturated/α-hetero) is 1. The van der Waals surface area contributed by atoms with Gasteiger partial charge in [-0.25, -0.2) is 0 Å². The molecule has 86 valence electrons. The normalized spacial score (nSPS) is 22.7. The molecule has 4 heteroatoms. The SMILES string of the molecule is NC(C(=O)c1ccccc1)C1COCCN1. The van der Waals surface area contributed by atoms with Crippen LogP contribution in [-0.2, 0) is 4.74 Å². The Morgan fingerprint density at radius 3 is 2.81 bits per heavy atom. The highest BCUT2D eigenvalue weighted by Gasteiger charge is 2.26. The van der Waals surface area contributed by atoms with E-state index in [1.165, 1.54) is 0 Å². The molecule has 4 nitrogen and oxygen atoms in total. The Labute approximate surface area is 94.8 Å². The number of ether oxygens (including phenoxy) is 1. The maximum Gasteiger partial charge on any atom is 0.181 e. The standard InChI is InChI=1S/C12H16N2O2/c13-11(10-8-16-7-6-14-10)12(15)9-4-2-1-3-5-9/h1-5,10-11,14H,6-8,13H2. The smallest absolute Gasteiger partial charge is 0.181 e. The Hall–Kier alpha value is -1.23. The molecule has 0 bridgehead atoms. The maximum absolute atomic E-state index is 12.0. The fraction of sp³-hybridized carbons (Fsp3) is 0.417. The zero-order valence-electron chi connectivity index (χ0n) is 9.06. The summed E-state index contributed by atoms with van der Waals surface area (Å²) in [6.45, 7) is 1.93. The highest BCUT2D eigenvalue weighted by molar-refractivity contribution is 6.00. The highest BCUT2D eigenvalue weighted by Crippen LogP contribution is 2.06. The number of nitrogens with two attached hydrogens (primary N) is 1. The van der Waals surface area contributed by atoms with Crippen LogP contribution >= 0.6 is 0 Å². The molecule has 0 saturated carbocycles. The molecule has 3 N–H and O–H groups in total. The molecule has 2 rings (SSSR count). The number of ketones is 1. The van der Waals surface area contributed by atoms with E-state index in [0.29, 0.717) is 18.8 Å². The van der Waals surface area contributed by atoms with Crippen molar-refractivity contribution in [1.29, 1.82) is 0 Å². The molecule has 1 fully saturated rings. The molecule has 1 aliphatic rings. The molecule has 1 aromatic rings. The van der Waals surface area contributed by atoms with Crippen LogP contribution in [0.2, 0.25) is 0 Å². The summed E-state index contributed by atoms with van der Waals surface area (Å²) in [6.07, 6.45) is 0. The van der Waals surface area contributed by atoms with Gasteiger partial charge in [0.1, 0.15) is 0 Å². The second-order valence-corrected chi connectivity index (χ2v) is 3.89. The van der Waals surface area contributed by atoms with Crippen molar-refractivity contribution in [3.63, 3.8) is 0 Å². The number of hydrogen-bond acceptors (Lipinski definition) is 4. The van der Waals surface area contributed by atoms with Crippen molar-refractivity contribution in [1.82, 2.24) is 5.32 Å². The van der Waals surface area contributed by atoms with E-state index in [4.69, 9.17) is 10.5 Å². The van der Waals surface area contributed by atoms with Gasteiger partial charge in [0.05, 0.1) is 25.3 Å². The first-order valence-electron chi connectivity index (χ1n) is 5.45. The monoisotopic (exact) mass is 220 g/mol. The maximum atomic E-state index is 12.0. The molecule has 1 heterocycles. The number of hydrogen-bond donors (Lipinski definition) is 2. The van der Waals surface area contributed by atoms with Crippen molar-refractivity contribution < 1.29 is 9.53 Å². The number of benzene rings is 1. The lowest BCUT2D eigenvalue weighted by atomic mass is 9.98. The summed E-state index contributed by atoms with van der Waals surface area (Å²) in [6, 6.07) is 8.50. The van der Waals surface area contributed by atoms with Crippen molar-refractivity contribution in [2.75, 3.05) is 19.8 Å². The first-order chi connectivity index (χ1) is 7.79. The Kier molecular flexibility index (Phi) is 3.66. The Bertz CT molecular complexity index is 347. The summed E-state index contributed by atoms with van der Waals surface area (Å²) in [4.78, 5) is 12.0. The zero-order valence-corrected chi connectivity index (χ0v) is 9.06. The molecule has 16 heavy (non-hydrogen) atoms. The molecule has 0 spiro atoms. The second kappa shape index (κ2) is 5.21. The van der Waals surface area contributed by atoms with Gasteiger partial charge >= 0.3 is 0 Å². The van der Waals surface area contributed by atoms with Crippen LogP contribution in [0.1, 0.15) is 10.4 Å². The number of nitrogens with one attached hydrogen (secondary N) is 1. The van der Waals surface area contributed by atoms with Crippen LogP contribution in [0.15, 0.2) is 30.3 Å². The van der Waals surface area contributed by atoms with E-state index in [9.17, 15) is 4.79 Å². The molecule has 0 aromatic heterocycles. The third-order valence-electron chi connectivity index (χ3n) is 2.74. The minimum atomic E-state index is -0.539. The highest BCUT2D eigenvalue weighted by atomic mass is 16.5. The van der Waals surface area contributed by atoms with Gasteiger partial charge in [0, 0.05) is 12.1 Å². The molecular weight excluding hydrogens is 204 g/mol. The second-order valence-electron chi connectivity index (χ2n) is 3.89. The minimum absolute atomic E-state index is 0.0383. The predicted molar refractivity (Wildman–Crippen MR) is 61.4 cm³/mol. The summed E-state index contributed by atoms with van der Waals surface area (Å²) >= 11 is 0. The van der Waals surface area contributed by atoms with Gasteiger partial charge in [-0.1, -0.05) is 30.3 Å². The van der Waals surface area contributed by atoms with Gasteiger partial charge < -0.3 is 15.8 Å². The van der Waals surface area contributed by atoms with Crippen LogP contribution in [0.25, 0.3) is 0 Å². The van der Waals surface area contributed by atoms with Gasteiger partial charge in [0.15, 0.2) is 5.78 Å². The van der Waals surface area contributed by atoms with Crippen molar-refractivity contribution in [2.24, 2.45) is 5.73 Å². The van der Waals surface area contributed by atoms with Crippen molar-refractivity contribution in [3.8, 4) is 0 Å². The van der Waals surface area contributed by atoms with E-state index in [2.05, 4.69) is 5.32 Å². The molecular formula is C12H16N2O2. The van der Waals surface area contributed by atoms with Gasteiger partial charge in [0.2, 0.25) is 0 Å². The van der Waals surface area contributed by atoms with E-state index < -0.39 is 6.04 Å². The first-order valence-corrected chi connectivity index (χ1v) is 5.45. The fourth-order valence-corrected chi connectivity index (χ4v) is 1.79. The van der Waals surface area contributed by atoms with Gasteiger partial charge in [-0.3, -0.25) is 4.79 Å². The topological polar surface area (TPSA) is 64.4 Å². The van der Waals surface area contributed by atoms with Crippen LogP contribution in [-0.4, -0.2) is 37.6 Å². The van der Waals surface area contributed by atoms with E-state index in [1.54, 1.807) is 12.1 Å². The number of morpholine rings is 1. The fourth-order valence-electron chi connectivity index (χ4n) is 1.79. The third-order valence-corrected chi connectivity index (χ3v) is 2.74. The van der Waals surface area contributed by atoms with Crippen LogP contribution < -0.4 is 11.1 Å². The van der Waals surface area contributed by atoms with E-state index >= 15 is 0 Å². The molecule has 0 aliphatic carbocycles. The van der Waals surface area contributed by atoms with Crippen LogP contribution in [0.4, 0.5) is 0 Å². The van der Waals surface area contributed by atoms with Gasteiger partial charge in [-0.15, -0.1) is 0 Å². The largest absolute Gasteiger partial charge is 0.378 e. The molecule has 2 atom stereocenters. The van der Waals surface area contributed by atoms with E-state index in [-0.39, 0.29) is 11.8 Å². The molecule has 0 radical (unpaired) electrons. The summed E-state index contributed by atoms with van der Waals surface area (Å²) in [7, 11) is 0. The Morgan fingerprint density at radius 1 is 1.44 bits per heavy atom. The zero-order chi connectivity index (χ0) is 11.4.